The molecule has 0 aliphatic carbocycles. The number of likely N-dealkylation sites (tertiary alicyclic amines) is 1. The number of nitrogens with one attached hydrogen (secondary N) is 1. The predicted molar refractivity (Wildman–Crippen MR) is 104 cm³/mol. The van der Waals surface area contributed by atoms with E-state index in [0.29, 0.717) is 34.4 Å². The summed E-state index contributed by atoms with van der Waals surface area (Å²) in [6, 6.07) is 14.6. The van der Waals surface area contributed by atoms with E-state index in [9.17, 15) is 4.79 Å². The molecule has 3 rings (SSSR count). The van der Waals surface area contributed by atoms with Crippen molar-refractivity contribution in [2.75, 3.05) is 18.4 Å². The van der Waals surface area contributed by atoms with Gasteiger partial charge in [-0.25, -0.2) is 0 Å². The average Bonchev–Trinajstić information content (AvgIpc) is 2.64. The zero-order valence-electron chi connectivity index (χ0n) is 14.2. The van der Waals surface area contributed by atoms with Crippen molar-refractivity contribution in [1.29, 1.82) is 5.26 Å². The van der Waals surface area contributed by atoms with Crippen molar-refractivity contribution in [3.8, 4) is 6.07 Å². The second-order valence-electron chi connectivity index (χ2n) is 6.49. The highest BCUT2D eigenvalue weighted by Crippen LogP contribution is 2.25. The Labute approximate surface area is 163 Å². The maximum Gasteiger partial charge on any atom is 0.228 e. The van der Waals surface area contributed by atoms with Gasteiger partial charge in [0.2, 0.25) is 5.91 Å². The topological polar surface area (TPSA) is 56.1 Å². The second-order valence-corrected chi connectivity index (χ2v) is 7.34. The van der Waals surface area contributed by atoms with Crippen molar-refractivity contribution >= 4 is 34.8 Å². The minimum atomic E-state index is -0.0828. The van der Waals surface area contributed by atoms with Gasteiger partial charge < -0.3 is 5.32 Å². The molecule has 1 fully saturated rings. The Balaban J connectivity index is 1.62. The van der Waals surface area contributed by atoms with Gasteiger partial charge >= 0.3 is 0 Å². The van der Waals surface area contributed by atoms with Crippen LogP contribution in [0.2, 0.25) is 10.0 Å². The highest BCUT2D eigenvalue weighted by molar-refractivity contribution is 6.35. The summed E-state index contributed by atoms with van der Waals surface area (Å²) in [6.45, 7) is 2.32. The van der Waals surface area contributed by atoms with Crippen molar-refractivity contribution in [3.05, 3.63) is 63.6 Å². The third kappa shape index (κ3) is 4.76. The Bertz CT molecular complexity index is 847. The van der Waals surface area contributed by atoms with Crippen LogP contribution in [0.1, 0.15) is 24.0 Å². The molecule has 4 nitrogen and oxygen atoms in total. The van der Waals surface area contributed by atoms with Gasteiger partial charge in [0.25, 0.3) is 0 Å². The van der Waals surface area contributed by atoms with Gasteiger partial charge in [-0.15, -0.1) is 0 Å². The summed E-state index contributed by atoms with van der Waals surface area (Å²) in [5, 5.41) is 13.2. The van der Waals surface area contributed by atoms with E-state index in [-0.39, 0.29) is 11.8 Å². The lowest BCUT2D eigenvalue weighted by Crippen LogP contribution is -2.40. The molecule has 0 bridgehead atoms. The van der Waals surface area contributed by atoms with E-state index < -0.39 is 0 Å². The van der Waals surface area contributed by atoms with Crippen LogP contribution in [0.4, 0.5) is 5.69 Å². The molecule has 1 atom stereocenters. The fourth-order valence-electron chi connectivity index (χ4n) is 3.21. The molecule has 1 saturated heterocycles. The Morgan fingerprint density at radius 1 is 1.27 bits per heavy atom. The smallest absolute Gasteiger partial charge is 0.228 e. The molecule has 1 N–H and O–H groups in total. The van der Waals surface area contributed by atoms with E-state index in [1.54, 1.807) is 30.3 Å². The first-order valence-electron chi connectivity index (χ1n) is 8.52. The number of nitriles is 1. The number of halogens is 2. The lowest BCUT2D eigenvalue weighted by atomic mass is 9.96. The van der Waals surface area contributed by atoms with Gasteiger partial charge in [0.05, 0.1) is 17.6 Å². The van der Waals surface area contributed by atoms with Crippen LogP contribution in [0.3, 0.4) is 0 Å². The van der Waals surface area contributed by atoms with Crippen LogP contribution in [0.15, 0.2) is 42.5 Å². The number of carbonyl (C=O) groups is 1. The first-order valence-corrected chi connectivity index (χ1v) is 9.28. The van der Waals surface area contributed by atoms with E-state index >= 15 is 0 Å². The number of amides is 1. The molecule has 0 unspecified atom stereocenters. The fraction of sp³-hybridized carbons (Fsp3) is 0.300. The van der Waals surface area contributed by atoms with E-state index in [1.807, 2.05) is 12.1 Å². The van der Waals surface area contributed by atoms with Crippen molar-refractivity contribution < 1.29 is 4.79 Å². The minimum Gasteiger partial charge on any atom is -0.326 e. The van der Waals surface area contributed by atoms with Gasteiger partial charge in [-0.2, -0.15) is 5.26 Å². The molecule has 0 aromatic heterocycles. The van der Waals surface area contributed by atoms with Crippen LogP contribution in [0.5, 0.6) is 0 Å². The molecule has 134 valence electrons. The summed E-state index contributed by atoms with van der Waals surface area (Å²) < 4.78 is 0. The van der Waals surface area contributed by atoms with Crippen LogP contribution in [-0.2, 0) is 11.3 Å². The number of anilines is 1. The van der Waals surface area contributed by atoms with Crippen LogP contribution < -0.4 is 5.32 Å². The van der Waals surface area contributed by atoms with Crippen molar-refractivity contribution in [1.82, 2.24) is 4.90 Å². The first-order chi connectivity index (χ1) is 12.5. The molecule has 2 aromatic carbocycles. The van der Waals surface area contributed by atoms with Crippen LogP contribution in [0.25, 0.3) is 0 Å². The first kappa shape index (κ1) is 18.7. The zero-order chi connectivity index (χ0) is 18.5. The Kier molecular flexibility index (Phi) is 6.16. The number of hydrogen-bond donors (Lipinski definition) is 1. The molecule has 1 amide bonds. The maximum atomic E-state index is 12.6. The van der Waals surface area contributed by atoms with Gasteiger partial charge in [-0.1, -0.05) is 35.3 Å². The molecular formula is C20H19Cl2N3O. The highest BCUT2D eigenvalue weighted by Gasteiger charge is 2.26. The Morgan fingerprint density at radius 3 is 2.88 bits per heavy atom. The van der Waals surface area contributed by atoms with E-state index in [0.717, 1.165) is 24.9 Å². The molecular weight excluding hydrogens is 369 g/mol. The number of carbonyl (C=O) groups excluding carboxylic acids is 1. The number of rotatable bonds is 4. The summed E-state index contributed by atoms with van der Waals surface area (Å²) in [4.78, 5) is 14.9. The lowest BCUT2D eigenvalue weighted by Gasteiger charge is -2.32. The van der Waals surface area contributed by atoms with Crippen molar-refractivity contribution in [3.63, 3.8) is 0 Å². The van der Waals surface area contributed by atoms with Crippen molar-refractivity contribution in [2.45, 2.75) is 19.4 Å². The zero-order valence-corrected chi connectivity index (χ0v) is 15.7. The van der Waals surface area contributed by atoms with E-state index in [1.165, 1.54) is 0 Å². The van der Waals surface area contributed by atoms with Crippen LogP contribution >= 0.6 is 23.2 Å². The number of piperidine rings is 1. The third-order valence-corrected chi connectivity index (χ3v) is 5.13. The van der Waals surface area contributed by atoms with Gasteiger partial charge in [0, 0.05) is 28.8 Å². The van der Waals surface area contributed by atoms with Gasteiger partial charge in [0.1, 0.15) is 0 Å². The second kappa shape index (κ2) is 8.55. The summed E-state index contributed by atoms with van der Waals surface area (Å²) in [6.07, 6.45) is 1.82. The fourth-order valence-corrected chi connectivity index (χ4v) is 3.68. The van der Waals surface area contributed by atoms with Crippen molar-refractivity contribution in [2.24, 2.45) is 5.92 Å². The Hall–Kier alpha value is -2.06. The molecule has 1 aliphatic heterocycles. The molecule has 6 heteroatoms. The molecule has 0 radical (unpaired) electrons. The number of nitrogens with zero attached hydrogens (tertiary/aromatic N) is 2. The number of hydrogen-bond acceptors (Lipinski definition) is 3. The normalized spacial score (nSPS) is 17.5. The standard InChI is InChI=1S/C20H19Cl2N3O/c21-17-7-6-15(19(22)10-17)12-25-8-2-4-16(13-25)20(26)24-18-5-1-3-14(9-18)11-23/h1,3,5-7,9-10,16H,2,4,8,12-13H2,(H,24,26)/t16-/m0/s1. The lowest BCUT2D eigenvalue weighted by molar-refractivity contribution is -0.121. The van der Waals surface area contributed by atoms with Crippen LogP contribution in [0, 0.1) is 17.2 Å². The SMILES string of the molecule is N#Cc1cccc(NC(=O)[C@H]2CCCN(Cc3ccc(Cl)cc3Cl)C2)c1. The molecule has 0 spiro atoms. The number of benzene rings is 2. The van der Waals surface area contributed by atoms with Crippen LogP contribution in [-0.4, -0.2) is 23.9 Å². The third-order valence-electron chi connectivity index (χ3n) is 4.54. The molecule has 1 heterocycles. The predicted octanol–water partition coefficient (Wildman–Crippen LogP) is 4.72. The van der Waals surface area contributed by atoms with Gasteiger partial charge in [-0.05, 0) is 55.3 Å². The summed E-state index contributed by atoms with van der Waals surface area (Å²) in [5.41, 5.74) is 2.20. The van der Waals surface area contributed by atoms with Gasteiger partial charge in [0.15, 0.2) is 0 Å². The Morgan fingerprint density at radius 2 is 2.12 bits per heavy atom. The molecule has 2 aromatic rings. The molecule has 1 aliphatic rings. The van der Waals surface area contributed by atoms with E-state index in [2.05, 4.69) is 16.3 Å². The van der Waals surface area contributed by atoms with Gasteiger partial charge in [-0.3, -0.25) is 9.69 Å². The summed E-state index contributed by atoms with van der Waals surface area (Å²) in [7, 11) is 0. The molecule has 0 saturated carbocycles. The maximum absolute atomic E-state index is 12.6. The quantitative estimate of drug-likeness (QED) is 0.825. The summed E-state index contributed by atoms with van der Waals surface area (Å²) >= 11 is 12.2. The van der Waals surface area contributed by atoms with E-state index in [4.69, 9.17) is 28.5 Å². The average molecular weight is 388 g/mol. The highest BCUT2D eigenvalue weighted by atomic mass is 35.5. The molecule has 26 heavy (non-hydrogen) atoms. The monoisotopic (exact) mass is 387 g/mol. The minimum absolute atomic E-state index is 0.00741. The largest absolute Gasteiger partial charge is 0.326 e. The summed E-state index contributed by atoms with van der Waals surface area (Å²) in [5.74, 6) is -0.0902.